The average molecular weight is 282 g/mol. The Morgan fingerprint density at radius 2 is 1.90 bits per heavy atom. The fraction of sp³-hybridized carbons (Fsp3) is 1.00. The molecule has 118 valence electrons. The van der Waals surface area contributed by atoms with Crippen molar-refractivity contribution in [1.82, 2.24) is 10.2 Å². The van der Waals surface area contributed by atoms with Crippen LogP contribution in [0.15, 0.2) is 0 Å². The van der Waals surface area contributed by atoms with E-state index in [0.717, 1.165) is 25.8 Å². The van der Waals surface area contributed by atoms with E-state index < -0.39 is 0 Å². The van der Waals surface area contributed by atoms with E-state index >= 15 is 0 Å². The smallest absolute Gasteiger partial charge is 0.0521 e. The average Bonchev–Trinajstić information content (AvgIpc) is 2.41. The Morgan fingerprint density at radius 3 is 2.55 bits per heavy atom. The molecular formula is C17H34N2O. The van der Waals surface area contributed by atoms with Crippen molar-refractivity contribution < 1.29 is 4.74 Å². The van der Waals surface area contributed by atoms with Gasteiger partial charge in [-0.05, 0) is 51.1 Å². The van der Waals surface area contributed by atoms with Crippen molar-refractivity contribution in [2.75, 3.05) is 33.4 Å². The first-order valence-electron chi connectivity index (χ1n) is 8.53. The zero-order valence-corrected chi connectivity index (χ0v) is 14.0. The molecule has 1 N–H and O–H groups in total. The van der Waals surface area contributed by atoms with Crippen molar-refractivity contribution in [3.05, 3.63) is 0 Å². The molecule has 0 spiro atoms. The van der Waals surface area contributed by atoms with Crippen molar-refractivity contribution in [2.45, 2.75) is 65.0 Å². The SMILES string of the molecule is CCNC1CCOCC1CN(C)C1CCC(C)(C)CC1. The van der Waals surface area contributed by atoms with E-state index in [-0.39, 0.29) is 0 Å². The molecule has 3 heteroatoms. The lowest BCUT2D eigenvalue weighted by molar-refractivity contribution is 0.00922. The molecule has 2 fully saturated rings. The zero-order valence-electron chi connectivity index (χ0n) is 14.0. The molecule has 2 unspecified atom stereocenters. The third-order valence-electron chi connectivity index (χ3n) is 5.39. The van der Waals surface area contributed by atoms with E-state index in [1.54, 1.807) is 0 Å². The number of nitrogens with one attached hydrogen (secondary N) is 1. The van der Waals surface area contributed by atoms with Gasteiger partial charge in [0.05, 0.1) is 6.61 Å². The Labute approximate surface area is 125 Å². The molecule has 3 nitrogen and oxygen atoms in total. The predicted molar refractivity (Wildman–Crippen MR) is 85.1 cm³/mol. The van der Waals surface area contributed by atoms with Crippen molar-refractivity contribution >= 4 is 0 Å². The third-order valence-corrected chi connectivity index (χ3v) is 5.39. The molecule has 2 atom stereocenters. The first-order valence-corrected chi connectivity index (χ1v) is 8.53. The van der Waals surface area contributed by atoms with Crippen molar-refractivity contribution in [1.29, 1.82) is 0 Å². The summed E-state index contributed by atoms with van der Waals surface area (Å²) in [5.74, 6) is 0.656. The fourth-order valence-electron chi connectivity index (χ4n) is 3.85. The van der Waals surface area contributed by atoms with Gasteiger partial charge in [-0.3, -0.25) is 0 Å². The van der Waals surface area contributed by atoms with Gasteiger partial charge in [0.25, 0.3) is 0 Å². The summed E-state index contributed by atoms with van der Waals surface area (Å²) in [7, 11) is 2.32. The molecule has 2 aliphatic rings. The summed E-state index contributed by atoms with van der Waals surface area (Å²) < 4.78 is 5.71. The summed E-state index contributed by atoms with van der Waals surface area (Å²) in [4.78, 5) is 2.61. The van der Waals surface area contributed by atoms with E-state index in [2.05, 4.69) is 38.0 Å². The topological polar surface area (TPSA) is 24.5 Å². The van der Waals surface area contributed by atoms with E-state index in [1.165, 1.54) is 38.6 Å². The monoisotopic (exact) mass is 282 g/mol. The summed E-state index contributed by atoms with van der Waals surface area (Å²) in [6.45, 7) is 11.2. The van der Waals surface area contributed by atoms with Crippen LogP contribution in [0.25, 0.3) is 0 Å². The Hall–Kier alpha value is -0.120. The predicted octanol–water partition coefficient (Wildman–Crippen LogP) is 2.90. The Morgan fingerprint density at radius 1 is 1.20 bits per heavy atom. The number of ether oxygens (including phenoxy) is 1. The van der Waals surface area contributed by atoms with Crippen molar-refractivity contribution in [3.8, 4) is 0 Å². The number of rotatable bonds is 5. The van der Waals surface area contributed by atoms with Crippen LogP contribution >= 0.6 is 0 Å². The molecule has 1 aliphatic carbocycles. The van der Waals surface area contributed by atoms with Gasteiger partial charge in [-0.15, -0.1) is 0 Å². The lowest BCUT2D eigenvalue weighted by atomic mass is 9.75. The molecule has 2 rings (SSSR count). The van der Waals surface area contributed by atoms with Gasteiger partial charge in [0.2, 0.25) is 0 Å². The normalized spacial score (nSPS) is 31.6. The zero-order chi connectivity index (χ0) is 14.6. The quantitative estimate of drug-likeness (QED) is 0.839. The van der Waals surface area contributed by atoms with Crippen LogP contribution in [0.1, 0.15) is 52.9 Å². The maximum Gasteiger partial charge on any atom is 0.0521 e. The maximum atomic E-state index is 5.71. The number of nitrogens with zero attached hydrogens (tertiary/aromatic N) is 1. The minimum atomic E-state index is 0.567. The second kappa shape index (κ2) is 7.24. The highest BCUT2D eigenvalue weighted by molar-refractivity contribution is 4.86. The van der Waals surface area contributed by atoms with Crippen LogP contribution in [-0.2, 0) is 4.74 Å². The van der Waals surface area contributed by atoms with E-state index in [0.29, 0.717) is 17.4 Å². The standard InChI is InChI=1S/C17H34N2O/c1-5-18-16-8-11-20-13-14(16)12-19(4)15-6-9-17(2,3)10-7-15/h14-16,18H,5-13H2,1-4H3. The van der Waals surface area contributed by atoms with E-state index in [1.807, 2.05) is 0 Å². The molecule has 1 saturated carbocycles. The summed E-state index contributed by atoms with van der Waals surface area (Å²) in [5.41, 5.74) is 0.567. The van der Waals surface area contributed by atoms with Gasteiger partial charge in [0.15, 0.2) is 0 Å². The van der Waals surface area contributed by atoms with Crippen molar-refractivity contribution in [2.24, 2.45) is 11.3 Å². The Bertz CT molecular complexity index is 281. The van der Waals surface area contributed by atoms with Crippen molar-refractivity contribution in [3.63, 3.8) is 0 Å². The molecule has 1 saturated heterocycles. The van der Waals surface area contributed by atoms with Gasteiger partial charge in [-0.2, -0.15) is 0 Å². The van der Waals surface area contributed by atoms with Gasteiger partial charge in [0, 0.05) is 31.2 Å². The van der Waals surface area contributed by atoms with E-state index in [4.69, 9.17) is 4.74 Å². The minimum Gasteiger partial charge on any atom is -0.381 e. The highest BCUT2D eigenvalue weighted by Crippen LogP contribution is 2.36. The Kier molecular flexibility index (Phi) is 5.88. The lowest BCUT2D eigenvalue weighted by Crippen LogP contribution is -2.49. The molecule has 0 aromatic carbocycles. The van der Waals surface area contributed by atoms with Crippen LogP contribution in [0.3, 0.4) is 0 Å². The molecule has 0 radical (unpaired) electrons. The van der Waals surface area contributed by atoms with Gasteiger partial charge in [-0.1, -0.05) is 20.8 Å². The summed E-state index contributed by atoms with van der Waals surface area (Å²) >= 11 is 0. The first kappa shape index (κ1) is 16.3. The van der Waals surface area contributed by atoms with Gasteiger partial charge in [0.1, 0.15) is 0 Å². The minimum absolute atomic E-state index is 0.567. The lowest BCUT2D eigenvalue weighted by Gasteiger charge is -2.41. The van der Waals surface area contributed by atoms with Crippen LogP contribution in [0.5, 0.6) is 0 Å². The largest absolute Gasteiger partial charge is 0.381 e. The molecule has 20 heavy (non-hydrogen) atoms. The maximum absolute atomic E-state index is 5.71. The summed E-state index contributed by atoms with van der Waals surface area (Å²) in [6, 6.07) is 1.43. The van der Waals surface area contributed by atoms with Crippen LogP contribution in [-0.4, -0.2) is 50.3 Å². The van der Waals surface area contributed by atoms with Crippen LogP contribution in [0.4, 0.5) is 0 Å². The van der Waals surface area contributed by atoms with Gasteiger partial charge in [-0.25, -0.2) is 0 Å². The molecule has 1 aliphatic heterocycles. The highest BCUT2D eigenvalue weighted by Gasteiger charge is 2.32. The summed E-state index contributed by atoms with van der Waals surface area (Å²) in [6.07, 6.45) is 6.65. The molecule has 1 heterocycles. The van der Waals surface area contributed by atoms with Crippen LogP contribution < -0.4 is 5.32 Å². The van der Waals surface area contributed by atoms with Gasteiger partial charge < -0.3 is 15.0 Å². The van der Waals surface area contributed by atoms with Crippen LogP contribution in [0, 0.1) is 11.3 Å². The molecule has 0 amide bonds. The molecule has 0 bridgehead atoms. The fourth-order valence-corrected chi connectivity index (χ4v) is 3.85. The van der Waals surface area contributed by atoms with Gasteiger partial charge >= 0.3 is 0 Å². The number of hydrogen-bond acceptors (Lipinski definition) is 3. The molecular weight excluding hydrogens is 248 g/mol. The second-order valence-corrected chi connectivity index (χ2v) is 7.62. The Balaban J connectivity index is 1.82. The van der Waals surface area contributed by atoms with E-state index in [9.17, 15) is 0 Å². The second-order valence-electron chi connectivity index (χ2n) is 7.62. The molecule has 0 aromatic heterocycles. The molecule has 0 aromatic rings. The number of hydrogen-bond donors (Lipinski definition) is 1. The first-order chi connectivity index (χ1) is 9.52. The van der Waals surface area contributed by atoms with Crippen LogP contribution in [0.2, 0.25) is 0 Å². The summed E-state index contributed by atoms with van der Waals surface area (Å²) in [5, 5.41) is 3.65. The third kappa shape index (κ3) is 4.44. The highest BCUT2D eigenvalue weighted by atomic mass is 16.5.